The first-order chi connectivity index (χ1) is 8.47. The third kappa shape index (κ3) is 2.19. The fourth-order valence-electron chi connectivity index (χ4n) is 3.16. The second kappa shape index (κ2) is 5.02. The summed E-state index contributed by atoms with van der Waals surface area (Å²) < 4.78 is 0. The maximum Gasteiger partial charge on any atom is 0.336 e. The first kappa shape index (κ1) is 13.6. The average Bonchev–Trinajstić information content (AvgIpc) is 2.78. The Labute approximate surface area is 111 Å². The third-order valence-electron chi connectivity index (χ3n) is 4.03. The van der Waals surface area contributed by atoms with E-state index in [9.17, 15) is 15.0 Å². The van der Waals surface area contributed by atoms with E-state index in [0.29, 0.717) is 17.2 Å². The highest BCUT2D eigenvalue weighted by molar-refractivity contribution is 7.10. The quantitative estimate of drug-likeness (QED) is 0.882. The molecule has 1 saturated carbocycles. The van der Waals surface area contributed by atoms with E-state index in [-0.39, 0.29) is 11.5 Å². The van der Waals surface area contributed by atoms with Crippen molar-refractivity contribution in [2.75, 3.05) is 0 Å². The van der Waals surface area contributed by atoms with Gasteiger partial charge in [-0.05, 0) is 36.1 Å². The van der Waals surface area contributed by atoms with Crippen LogP contribution in [0, 0.1) is 11.8 Å². The van der Waals surface area contributed by atoms with Gasteiger partial charge in [0.15, 0.2) is 0 Å². The lowest BCUT2D eigenvalue weighted by atomic mass is 9.69. The van der Waals surface area contributed by atoms with Crippen LogP contribution in [0.3, 0.4) is 0 Å². The Morgan fingerprint density at radius 1 is 1.50 bits per heavy atom. The Morgan fingerprint density at radius 2 is 2.22 bits per heavy atom. The summed E-state index contributed by atoms with van der Waals surface area (Å²) in [6.45, 7) is 4.21. The van der Waals surface area contributed by atoms with Gasteiger partial charge < -0.3 is 10.2 Å². The van der Waals surface area contributed by atoms with E-state index in [4.69, 9.17) is 0 Å². The van der Waals surface area contributed by atoms with Gasteiger partial charge >= 0.3 is 5.97 Å². The van der Waals surface area contributed by atoms with Gasteiger partial charge in [-0.3, -0.25) is 0 Å². The van der Waals surface area contributed by atoms with Crippen LogP contribution in [-0.4, -0.2) is 16.2 Å². The normalized spacial score (nSPS) is 28.6. The molecule has 0 aromatic carbocycles. The van der Waals surface area contributed by atoms with Crippen LogP contribution in [0.5, 0.6) is 0 Å². The lowest BCUT2D eigenvalue weighted by Crippen LogP contribution is -2.41. The van der Waals surface area contributed by atoms with E-state index < -0.39 is 11.6 Å². The minimum absolute atomic E-state index is 0.156. The number of carboxylic acid groups (broad SMARTS) is 1. The van der Waals surface area contributed by atoms with E-state index in [0.717, 1.165) is 19.3 Å². The van der Waals surface area contributed by atoms with Gasteiger partial charge in [0, 0.05) is 0 Å². The molecule has 0 bridgehead atoms. The van der Waals surface area contributed by atoms with E-state index in [1.54, 1.807) is 11.4 Å². The zero-order chi connectivity index (χ0) is 13.3. The number of carbonyl (C=O) groups is 1. The van der Waals surface area contributed by atoms with Gasteiger partial charge in [0.2, 0.25) is 0 Å². The predicted octanol–water partition coefficient (Wildman–Crippen LogP) is 3.48. The largest absolute Gasteiger partial charge is 0.478 e. The third-order valence-corrected chi connectivity index (χ3v) is 5.11. The van der Waals surface area contributed by atoms with Gasteiger partial charge in [-0.2, -0.15) is 0 Å². The van der Waals surface area contributed by atoms with Crippen molar-refractivity contribution in [2.45, 2.75) is 45.1 Å². The Morgan fingerprint density at radius 3 is 2.83 bits per heavy atom. The molecular weight excluding hydrogens is 248 g/mol. The second-order valence-corrected chi connectivity index (χ2v) is 6.41. The average molecular weight is 268 g/mol. The van der Waals surface area contributed by atoms with Crippen LogP contribution in [0.1, 0.15) is 54.8 Å². The van der Waals surface area contributed by atoms with E-state index in [1.165, 1.54) is 11.3 Å². The minimum Gasteiger partial charge on any atom is -0.478 e. The fourth-order valence-corrected chi connectivity index (χ4v) is 4.24. The number of carboxylic acids is 1. The van der Waals surface area contributed by atoms with Crippen LogP contribution < -0.4 is 0 Å². The van der Waals surface area contributed by atoms with Crippen LogP contribution >= 0.6 is 11.3 Å². The van der Waals surface area contributed by atoms with E-state index >= 15 is 0 Å². The van der Waals surface area contributed by atoms with Crippen molar-refractivity contribution < 1.29 is 15.0 Å². The Balaban J connectivity index is 2.44. The molecule has 2 atom stereocenters. The summed E-state index contributed by atoms with van der Waals surface area (Å²) in [5, 5.41) is 22.0. The zero-order valence-corrected chi connectivity index (χ0v) is 11.7. The number of aromatic carboxylic acids is 1. The maximum atomic E-state index is 11.2. The highest BCUT2D eigenvalue weighted by Crippen LogP contribution is 2.47. The summed E-state index contributed by atoms with van der Waals surface area (Å²) in [7, 11) is 0. The molecular formula is C14H20O3S. The highest BCUT2D eigenvalue weighted by Gasteiger charge is 2.44. The van der Waals surface area contributed by atoms with Gasteiger partial charge in [0.25, 0.3) is 0 Å². The van der Waals surface area contributed by atoms with Crippen LogP contribution in [0.2, 0.25) is 0 Å². The Bertz CT molecular complexity index is 438. The van der Waals surface area contributed by atoms with Crippen molar-refractivity contribution in [3.05, 3.63) is 21.9 Å². The molecule has 100 valence electrons. The fraction of sp³-hybridized carbons (Fsp3) is 0.643. The summed E-state index contributed by atoms with van der Waals surface area (Å²) in [4.78, 5) is 11.9. The Kier molecular flexibility index (Phi) is 3.78. The second-order valence-electron chi connectivity index (χ2n) is 5.49. The molecule has 1 aliphatic rings. The summed E-state index contributed by atoms with van der Waals surface area (Å²) in [6.07, 6.45) is 3.75. The van der Waals surface area contributed by atoms with Crippen molar-refractivity contribution >= 4 is 17.3 Å². The first-order valence-corrected chi connectivity index (χ1v) is 7.38. The van der Waals surface area contributed by atoms with Crippen molar-refractivity contribution in [1.82, 2.24) is 0 Å². The van der Waals surface area contributed by atoms with Gasteiger partial charge in [-0.15, -0.1) is 11.3 Å². The molecule has 1 fully saturated rings. The molecule has 3 nitrogen and oxygen atoms in total. The minimum atomic E-state index is -0.950. The molecule has 1 aliphatic carbocycles. The highest BCUT2D eigenvalue weighted by atomic mass is 32.1. The molecule has 18 heavy (non-hydrogen) atoms. The van der Waals surface area contributed by atoms with Gasteiger partial charge in [0.05, 0.1) is 10.4 Å². The number of rotatable bonds is 3. The monoisotopic (exact) mass is 268 g/mol. The summed E-state index contributed by atoms with van der Waals surface area (Å²) in [5.74, 6) is -0.421. The van der Waals surface area contributed by atoms with Crippen molar-refractivity contribution in [3.8, 4) is 0 Å². The summed E-state index contributed by atoms with van der Waals surface area (Å²) in [6, 6.07) is 1.60. The molecule has 0 spiro atoms. The zero-order valence-electron chi connectivity index (χ0n) is 10.8. The summed E-state index contributed by atoms with van der Waals surface area (Å²) >= 11 is 1.37. The molecule has 0 radical (unpaired) electrons. The van der Waals surface area contributed by atoms with Crippen molar-refractivity contribution in [1.29, 1.82) is 0 Å². The van der Waals surface area contributed by atoms with Crippen LogP contribution in [0.25, 0.3) is 0 Å². The van der Waals surface area contributed by atoms with Crippen molar-refractivity contribution in [3.63, 3.8) is 0 Å². The summed E-state index contributed by atoms with van der Waals surface area (Å²) in [5.41, 5.74) is -0.677. The number of aliphatic hydroxyl groups is 1. The van der Waals surface area contributed by atoms with Crippen LogP contribution in [-0.2, 0) is 5.60 Å². The molecule has 1 aromatic rings. The molecule has 2 unspecified atom stereocenters. The number of hydrogen-bond acceptors (Lipinski definition) is 3. The van der Waals surface area contributed by atoms with E-state index in [2.05, 4.69) is 13.8 Å². The number of thiophene rings is 1. The predicted molar refractivity (Wildman–Crippen MR) is 72.0 cm³/mol. The van der Waals surface area contributed by atoms with Gasteiger partial charge in [-0.1, -0.05) is 26.7 Å². The van der Waals surface area contributed by atoms with E-state index in [1.807, 2.05) is 0 Å². The van der Waals surface area contributed by atoms with Crippen LogP contribution in [0.4, 0.5) is 0 Å². The maximum absolute atomic E-state index is 11.2. The Hall–Kier alpha value is -0.870. The lowest BCUT2D eigenvalue weighted by Gasteiger charge is -2.42. The molecule has 4 heteroatoms. The first-order valence-electron chi connectivity index (χ1n) is 6.50. The van der Waals surface area contributed by atoms with Crippen LogP contribution in [0.15, 0.2) is 11.4 Å². The molecule has 1 aromatic heterocycles. The standard InChI is InChI=1S/C14H20O3S/c1-9(2)11-5-3-4-7-14(11,17)12-10(13(15)16)6-8-18-12/h6,8-9,11,17H,3-5,7H2,1-2H3,(H,15,16). The molecule has 0 aliphatic heterocycles. The molecule has 0 saturated heterocycles. The topological polar surface area (TPSA) is 57.5 Å². The van der Waals surface area contributed by atoms with Gasteiger partial charge in [-0.25, -0.2) is 4.79 Å². The van der Waals surface area contributed by atoms with Gasteiger partial charge in [0.1, 0.15) is 5.60 Å². The lowest BCUT2D eigenvalue weighted by molar-refractivity contribution is -0.0697. The molecule has 0 amide bonds. The number of hydrogen-bond donors (Lipinski definition) is 2. The molecule has 2 rings (SSSR count). The smallest absolute Gasteiger partial charge is 0.336 e. The molecule has 2 N–H and O–H groups in total. The van der Waals surface area contributed by atoms with Crippen molar-refractivity contribution in [2.24, 2.45) is 11.8 Å². The SMILES string of the molecule is CC(C)C1CCCCC1(O)c1sccc1C(=O)O. The molecule has 1 heterocycles.